The normalized spacial score (nSPS) is 24.9. The molecule has 3 aliphatic rings. The van der Waals surface area contributed by atoms with Gasteiger partial charge in [-0.05, 0) is 36.3 Å². The zero-order chi connectivity index (χ0) is 20.3. The van der Waals surface area contributed by atoms with Crippen molar-refractivity contribution in [2.45, 2.75) is 50.0 Å². The van der Waals surface area contributed by atoms with E-state index in [1.165, 1.54) is 0 Å². The third-order valence-corrected chi connectivity index (χ3v) is 5.99. The monoisotopic (exact) mass is 400 g/mol. The van der Waals surface area contributed by atoms with E-state index in [0.29, 0.717) is 45.3 Å². The van der Waals surface area contributed by atoms with Crippen molar-refractivity contribution in [2.24, 2.45) is 11.0 Å². The van der Waals surface area contributed by atoms with Crippen LogP contribution in [0.1, 0.15) is 31.2 Å². The van der Waals surface area contributed by atoms with Crippen LogP contribution in [0.15, 0.2) is 35.4 Å². The fourth-order valence-electron chi connectivity index (χ4n) is 4.49. The maximum Gasteiger partial charge on any atom is 0.416 e. The van der Waals surface area contributed by atoms with Gasteiger partial charge in [0.25, 0.3) is 0 Å². The van der Waals surface area contributed by atoms with Crippen LogP contribution in [0.2, 0.25) is 0 Å². The molecule has 1 aliphatic carbocycles. The molecule has 1 saturated carbocycles. The predicted octanol–water partition coefficient (Wildman–Crippen LogP) is 3.19. The van der Waals surface area contributed by atoms with Crippen LogP contribution >= 0.6 is 0 Å². The first kappa shape index (κ1) is 19.7. The zero-order valence-corrected chi connectivity index (χ0v) is 16.1. The van der Waals surface area contributed by atoms with Crippen molar-refractivity contribution >= 4 is 12.0 Å². The smallest absolute Gasteiger partial charge is 0.416 e. The number of benzene rings is 1. The van der Waals surface area contributed by atoms with Crippen LogP contribution in [-0.4, -0.2) is 54.6 Å². The van der Waals surface area contributed by atoms with E-state index in [-0.39, 0.29) is 12.5 Å². The van der Waals surface area contributed by atoms with Crippen molar-refractivity contribution in [3.63, 3.8) is 0 Å². The summed E-state index contributed by atoms with van der Waals surface area (Å²) >= 11 is 0. The summed E-state index contributed by atoms with van der Waals surface area (Å²) in [6.45, 7) is 1.28. The summed E-state index contributed by atoms with van der Waals surface area (Å²) in [6, 6.07) is 8.26. The van der Waals surface area contributed by atoms with Gasteiger partial charge in [0.05, 0.1) is 19.3 Å². The topological polar surface area (TPSA) is 114 Å². The number of rotatable bonds is 5. The molecule has 0 N–H and O–H groups in total. The molecule has 2 saturated heterocycles. The van der Waals surface area contributed by atoms with Crippen molar-refractivity contribution in [2.75, 3.05) is 19.8 Å². The highest BCUT2D eigenvalue weighted by molar-refractivity contribution is 5.96. The lowest BCUT2D eigenvalue weighted by Crippen LogP contribution is -2.48. The Kier molecular flexibility index (Phi) is 5.71. The number of ether oxygens (including phenoxy) is 3. The number of nitrogens with zero attached hydrogens (tertiary/aromatic N) is 4. The van der Waals surface area contributed by atoms with Gasteiger partial charge in [0.15, 0.2) is 5.79 Å². The maximum absolute atomic E-state index is 13.3. The Morgan fingerprint density at radius 2 is 1.93 bits per heavy atom. The van der Waals surface area contributed by atoms with Crippen molar-refractivity contribution in [3.8, 4) is 0 Å². The van der Waals surface area contributed by atoms with Gasteiger partial charge in [-0.2, -0.15) is 0 Å². The molecular formula is C20H24N4O5. The van der Waals surface area contributed by atoms with Crippen molar-refractivity contribution < 1.29 is 23.8 Å². The van der Waals surface area contributed by atoms with Crippen LogP contribution in [0.5, 0.6) is 0 Å². The minimum Gasteiger partial charge on any atom is -0.447 e. The molecule has 9 heteroatoms. The fourth-order valence-corrected chi connectivity index (χ4v) is 4.49. The molecule has 0 radical (unpaired) electrons. The van der Waals surface area contributed by atoms with Gasteiger partial charge < -0.3 is 14.2 Å². The lowest BCUT2D eigenvalue weighted by Gasteiger charge is -2.37. The van der Waals surface area contributed by atoms with Crippen LogP contribution in [0.4, 0.5) is 4.79 Å². The molecule has 1 aromatic rings. The first-order valence-electron chi connectivity index (χ1n) is 9.98. The number of imide groups is 1. The Balaban J connectivity index is 1.48. The van der Waals surface area contributed by atoms with Gasteiger partial charge in [-0.25, -0.2) is 9.69 Å². The number of azide groups is 1. The third kappa shape index (κ3) is 4.07. The van der Waals surface area contributed by atoms with Crippen LogP contribution < -0.4 is 0 Å². The molecule has 0 aromatic heterocycles. The van der Waals surface area contributed by atoms with E-state index < -0.39 is 29.9 Å². The van der Waals surface area contributed by atoms with Crippen molar-refractivity contribution in [1.82, 2.24) is 4.90 Å². The minimum absolute atomic E-state index is 0.137. The van der Waals surface area contributed by atoms with Crippen LogP contribution in [-0.2, 0) is 25.4 Å². The molecule has 9 nitrogen and oxygen atoms in total. The summed E-state index contributed by atoms with van der Waals surface area (Å²) in [7, 11) is 0. The van der Waals surface area contributed by atoms with E-state index in [4.69, 9.17) is 19.7 Å². The highest BCUT2D eigenvalue weighted by Crippen LogP contribution is 2.40. The lowest BCUT2D eigenvalue weighted by molar-refractivity contribution is -0.184. The third-order valence-electron chi connectivity index (χ3n) is 5.99. The molecule has 1 spiro atoms. The van der Waals surface area contributed by atoms with Gasteiger partial charge in [0.1, 0.15) is 12.6 Å². The van der Waals surface area contributed by atoms with Crippen molar-refractivity contribution in [3.05, 3.63) is 46.3 Å². The second-order valence-electron chi connectivity index (χ2n) is 7.72. The average molecular weight is 400 g/mol. The number of hydrogen-bond donors (Lipinski definition) is 0. The summed E-state index contributed by atoms with van der Waals surface area (Å²) in [4.78, 5) is 29.6. The quantitative estimate of drug-likeness (QED) is 0.428. The molecule has 154 valence electrons. The van der Waals surface area contributed by atoms with Crippen LogP contribution in [0.25, 0.3) is 10.4 Å². The molecule has 0 bridgehead atoms. The number of hydrogen-bond acceptors (Lipinski definition) is 6. The summed E-state index contributed by atoms with van der Waals surface area (Å²) in [5.41, 5.74) is 10.1. The van der Waals surface area contributed by atoms with Gasteiger partial charge in [0, 0.05) is 17.8 Å². The average Bonchev–Trinajstić information content (AvgIpc) is 3.34. The molecule has 2 atom stereocenters. The molecular weight excluding hydrogens is 376 g/mol. The van der Waals surface area contributed by atoms with E-state index in [1.54, 1.807) is 0 Å². The maximum atomic E-state index is 13.3. The van der Waals surface area contributed by atoms with E-state index in [0.717, 1.165) is 10.5 Å². The number of carbonyl (C=O) groups excluding carboxylic acids is 2. The highest BCUT2D eigenvalue weighted by Gasteiger charge is 2.46. The first-order valence-corrected chi connectivity index (χ1v) is 9.98. The molecule has 2 heterocycles. The predicted molar refractivity (Wildman–Crippen MR) is 102 cm³/mol. The molecule has 4 rings (SSSR count). The SMILES string of the molecule is [N-]=[N+]=NC(C(=O)N1C(=O)OCC1Cc1ccccc1)C1CCC2(CC1)OCCO2. The lowest BCUT2D eigenvalue weighted by atomic mass is 9.80. The van der Waals surface area contributed by atoms with Crippen LogP contribution in [0, 0.1) is 5.92 Å². The Hall–Kier alpha value is -2.61. The Bertz CT molecular complexity index is 794. The largest absolute Gasteiger partial charge is 0.447 e. The van der Waals surface area contributed by atoms with E-state index in [9.17, 15) is 9.59 Å². The number of carbonyl (C=O) groups is 2. The molecule has 3 fully saturated rings. The fraction of sp³-hybridized carbons (Fsp3) is 0.600. The summed E-state index contributed by atoms with van der Waals surface area (Å²) in [5, 5.41) is 3.78. The highest BCUT2D eigenvalue weighted by atomic mass is 16.7. The van der Waals surface area contributed by atoms with Crippen molar-refractivity contribution in [1.29, 1.82) is 0 Å². The molecule has 29 heavy (non-hydrogen) atoms. The second-order valence-corrected chi connectivity index (χ2v) is 7.72. The Labute approximate surface area is 168 Å². The molecule has 2 amide bonds. The number of amides is 2. The Morgan fingerprint density at radius 1 is 1.24 bits per heavy atom. The minimum atomic E-state index is -0.942. The molecule has 2 unspecified atom stereocenters. The van der Waals surface area contributed by atoms with Gasteiger partial charge in [-0.1, -0.05) is 35.4 Å². The summed E-state index contributed by atoms with van der Waals surface area (Å²) in [5.74, 6) is -1.22. The van der Waals surface area contributed by atoms with Gasteiger partial charge in [-0.3, -0.25) is 4.79 Å². The number of cyclic esters (lactones) is 1. The van der Waals surface area contributed by atoms with E-state index in [1.807, 2.05) is 30.3 Å². The van der Waals surface area contributed by atoms with E-state index >= 15 is 0 Å². The standard InChI is InChI=1S/C20H24N4O5/c21-23-22-17(15-6-8-20(9-7-15)28-10-11-29-20)18(25)24-16(13-27-19(24)26)12-14-4-2-1-3-5-14/h1-5,15-17H,6-13H2. The van der Waals surface area contributed by atoms with Crippen LogP contribution in [0.3, 0.4) is 0 Å². The van der Waals surface area contributed by atoms with Gasteiger partial charge >= 0.3 is 6.09 Å². The van der Waals surface area contributed by atoms with E-state index in [2.05, 4.69) is 10.0 Å². The summed E-state index contributed by atoms with van der Waals surface area (Å²) < 4.78 is 16.6. The van der Waals surface area contributed by atoms with Gasteiger partial charge in [0.2, 0.25) is 5.91 Å². The second kappa shape index (κ2) is 8.41. The van der Waals surface area contributed by atoms with Gasteiger partial charge in [-0.15, -0.1) is 0 Å². The molecule has 1 aromatic carbocycles. The first-order chi connectivity index (χ1) is 14.1. The summed E-state index contributed by atoms with van der Waals surface area (Å²) in [6.07, 6.45) is 2.35. The Morgan fingerprint density at radius 3 is 2.59 bits per heavy atom. The molecule has 2 aliphatic heterocycles. The zero-order valence-electron chi connectivity index (χ0n) is 16.1.